The molecule has 188 valence electrons. The normalized spacial score (nSPS) is 22.1. The second kappa shape index (κ2) is 11.1. The minimum atomic E-state index is -1.46. The molecule has 1 saturated heterocycles. The maximum Gasteiger partial charge on any atom is 0.352 e. The minimum Gasteiger partial charge on any atom is -0.610 e. The summed E-state index contributed by atoms with van der Waals surface area (Å²) in [5.41, 5.74) is -0.151. The predicted octanol–water partition coefficient (Wildman–Crippen LogP) is 1.63. The fraction of sp³-hybridized carbons (Fsp3) is 0.421. The first-order valence-electron chi connectivity index (χ1n) is 10.1. The SMILES string of the molecule is CN(C)c1nnc(SCC2(OCNC(=O)C[S+]([O-])c3cccs3)C=C(C(=O)O)N3C(=O)C[C@H]3S2)s1. The summed E-state index contributed by atoms with van der Waals surface area (Å²) >= 11 is 3.89. The number of fused-ring (bicyclic) bond motifs is 1. The number of carbonyl (C=O) groups is 3. The molecule has 2 aromatic heterocycles. The van der Waals surface area contributed by atoms with Crippen molar-refractivity contribution in [2.75, 3.05) is 37.2 Å². The summed E-state index contributed by atoms with van der Waals surface area (Å²) < 4.78 is 19.6. The third kappa shape index (κ3) is 6.12. The highest BCUT2D eigenvalue weighted by Gasteiger charge is 2.51. The lowest BCUT2D eigenvalue weighted by Gasteiger charge is -2.48. The molecule has 0 saturated carbocycles. The average molecular weight is 576 g/mol. The molecule has 0 radical (unpaired) electrons. The Morgan fingerprint density at radius 3 is 2.89 bits per heavy atom. The Bertz CT molecular complexity index is 1130. The molecule has 11 nitrogen and oxygen atoms in total. The smallest absolute Gasteiger partial charge is 0.352 e. The average Bonchev–Trinajstić information content (AvgIpc) is 3.49. The number of carboxylic acids is 1. The minimum absolute atomic E-state index is 0.151. The van der Waals surface area contributed by atoms with Crippen LogP contribution in [0.15, 0.2) is 37.8 Å². The van der Waals surface area contributed by atoms with Crippen LogP contribution in [0.2, 0.25) is 0 Å². The van der Waals surface area contributed by atoms with Crippen molar-refractivity contribution in [3.8, 4) is 0 Å². The van der Waals surface area contributed by atoms with Crippen LogP contribution < -0.4 is 10.2 Å². The second-order valence-electron chi connectivity index (χ2n) is 7.53. The summed E-state index contributed by atoms with van der Waals surface area (Å²) in [6.07, 6.45) is 1.60. The van der Waals surface area contributed by atoms with E-state index in [-0.39, 0.29) is 41.6 Å². The van der Waals surface area contributed by atoms with Gasteiger partial charge in [-0.1, -0.05) is 46.2 Å². The lowest BCUT2D eigenvalue weighted by molar-refractivity contribution is -0.146. The van der Waals surface area contributed by atoms with E-state index in [9.17, 15) is 24.0 Å². The Balaban J connectivity index is 1.45. The van der Waals surface area contributed by atoms with Gasteiger partial charge in [0.05, 0.1) is 11.8 Å². The van der Waals surface area contributed by atoms with Crippen molar-refractivity contribution >= 4 is 80.3 Å². The molecule has 3 atom stereocenters. The van der Waals surface area contributed by atoms with Gasteiger partial charge in [-0.3, -0.25) is 14.5 Å². The molecule has 1 fully saturated rings. The van der Waals surface area contributed by atoms with Crippen molar-refractivity contribution in [1.82, 2.24) is 20.4 Å². The maximum absolute atomic E-state index is 12.3. The highest BCUT2D eigenvalue weighted by molar-refractivity contribution is 8.05. The third-order valence-electron chi connectivity index (χ3n) is 4.82. The van der Waals surface area contributed by atoms with E-state index in [1.165, 1.54) is 57.2 Å². The molecule has 0 aromatic carbocycles. The Labute approximate surface area is 220 Å². The maximum atomic E-state index is 12.3. The number of hydrogen-bond donors (Lipinski definition) is 2. The van der Waals surface area contributed by atoms with Gasteiger partial charge in [0.2, 0.25) is 15.2 Å². The van der Waals surface area contributed by atoms with Gasteiger partial charge in [-0.15, -0.1) is 10.2 Å². The van der Waals surface area contributed by atoms with E-state index < -0.39 is 28.0 Å². The van der Waals surface area contributed by atoms with Crippen molar-refractivity contribution in [2.45, 2.75) is 25.3 Å². The number of thioether (sulfide) groups is 2. The molecule has 0 spiro atoms. The van der Waals surface area contributed by atoms with E-state index in [0.29, 0.717) is 8.55 Å². The Morgan fingerprint density at radius 1 is 1.46 bits per heavy atom. The van der Waals surface area contributed by atoms with Crippen molar-refractivity contribution in [3.05, 3.63) is 29.3 Å². The van der Waals surface area contributed by atoms with Gasteiger partial charge in [0, 0.05) is 37.1 Å². The van der Waals surface area contributed by atoms with Crippen molar-refractivity contribution in [1.29, 1.82) is 0 Å². The third-order valence-corrected chi connectivity index (χ3v) is 11.4. The van der Waals surface area contributed by atoms with Crippen LogP contribution in [-0.4, -0.2) is 85.2 Å². The van der Waals surface area contributed by atoms with Crippen molar-refractivity contribution < 1.29 is 28.8 Å². The number of β-lactam (4-membered cyclic amide) rings is 1. The zero-order valence-electron chi connectivity index (χ0n) is 18.5. The molecule has 0 bridgehead atoms. The summed E-state index contributed by atoms with van der Waals surface area (Å²) in [5.74, 6) is -1.89. The molecule has 2 amide bonds. The van der Waals surface area contributed by atoms with Gasteiger partial charge in [-0.25, -0.2) is 4.79 Å². The topological polar surface area (TPSA) is 148 Å². The van der Waals surface area contributed by atoms with Gasteiger partial charge < -0.3 is 24.6 Å². The van der Waals surface area contributed by atoms with E-state index in [4.69, 9.17) is 4.74 Å². The fourth-order valence-electron chi connectivity index (χ4n) is 3.15. The number of anilines is 1. The number of carbonyl (C=O) groups excluding carboxylic acids is 2. The Hall–Kier alpha value is -1.82. The molecule has 4 heterocycles. The van der Waals surface area contributed by atoms with Crippen LogP contribution in [0.25, 0.3) is 0 Å². The molecule has 2 aliphatic rings. The van der Waals surface area contributed by atoms with E-state index >= 15 is 0 Å². The first-order valence-corrected chi connectivity index (χ1v) is 15.0. The standard InChI is InChI=1S/C19H21N5O6S5/c1-23(2)17-21-22-18(33-17)32-9-19(7-11(16(27)28)24-13(26)6-14(24)34-19)30-10-20-12(25)8-35(29)15-4-3-5-31-15/h3-5,7,14H,6,8-10H2,1-2H3,(H,20,25)(H,27,28)/t14-,19?,35?/m1/s1. The molecule has 4 rings (SSSR count). The van der Waals surface area contributed by atoms with E-state index in [2.05, 4.69) is 15.5 Å². The summed E-state index contributed by atoms with van der Waals surface area (Å²) in [7, 11) is 3.71. The van der Waals surface area contributed by atoms with Gasteiger partial charge in [0.25, 0.3) is 5.91 Å². The predicted molar refractivity (Wildman–Crippen MR) is 136 cm³/mol. The Kier molecular flexibility index (Phi) is 8.30. The van der Waals surface area contributed by atoms with Gasteiger partial charge in [-0.05, 0) is 17.5 Å². The number of aliphatic carboxylic acids is 1. The van der Waals surface area contributed by atoms with Crippen LogP contribution in [0.1, 0.15) is 6.42 Å². The van der Waals surface area contributed by atoms with Crippen LogP contribution >= 0.6 is 46.2 Å². The summed E-state index contributed by atoms with van der Waals surface area (Å²) in [6, 6.07) is 3.47. The molecular formula is C19H21N5O6S5. The number of rotatable bonds is 11. The Morgan fingerprint density at radius 2 is 2.26 bits per heavy atom. The van der Waals surface area contributed by atoms with Crippen LogP contribution in [0.3, 0.4) is 0 Å². The highest BCUT2D eigenvalue weighted by Crippen LogP contribution is 2.49. The lowest BCUT2D eigenvalue weighted by Crippen LogP contribution is -2.57. The largest absolute Gasteiger partial charge is 0.610 e. The summed E-state index contributed by atoms with van der Waals surface area (Å²) in [5, 5.41) is 22.7. The molecule has 16 heteroatoms. The quantitative estimate of drug-likeness (QED) is 0.174. The number of amides is 2. The van der Waals surface area contributed by atoms with E-state index in [0.717, 1.165) is 5.13 Å². The van der Waals surface area contributed by atoms with Crippen LogP contribution in [-0.2, 0) is 30.3 Å². The zero-order valence-corrected chi connectivity index (χ0v) is 22.6. The van der Waals surface area contributed by atoms with Crippen molar-refractivity contribution in [2.24, 2.45) is 0 Å². The number of nitrogens with one attached hydrogen (secondary N) is 1. The van der Waals surface area contributed by atoms with Crippen LogP contribution in [0.5, 0.6) is 0 Å². The summed E-state index contributed by atoms with van der Waals surface area (Å²) in [6.45, 7) is -0.225. The van der Waals surface area contributed by atoms with Crippen LogP contribution in [0.4, 0.5) is 5.13 Å². The first-order chi connectivity index (χ1) is 16.7. The number of hydrogen-bond acceptors (Lipinski definition) is 12. The molecule has 2 aliphatic heterocycles. The number of thiophene rings is 1. The van der Waals surface area contributed by atoms with Crippen molar-refractivity contribution in [3.63, 3.8) is 0 Å². The van der Waals surface area contributed by atoms with E-state index in [1.807, 2.05) is 19.0 Å². The number of aromatic nitrogens is 2. The summed E-state index contributed by atoms with van der Waals surface area (Å²) in [4.78, 5) is 38.1. The molecular weight excluding hydrogens is 555 g/mol. The molecule has 2 unspecified atom stereocenters. The van der Waals surface area contributed by atoms with Gasteiger partial charge in [-0.2, -0.15) is 0 Å². The van der Waals surface area contributed by atoms with Gasteiger partial charge in [0.15, 0.2) is 10.1 Å². The number of carboxylic acid groups (broad SMARTS) is 1. The zero-order chi connectivity index (χ0) is 25.2. The van der Waals surface area contributed by atoms with E-state index in [1.54, 1.807) is 17.5 Å². The molecule has 2 N–H and O–H groups in total. The second-order valence-corrected chi connectivity index (χ2v) is 13.8. The van der Waals surface area contributed by atoms with Gasteiger partial charge in [0.1, 0.15) is 17.4 Å². The molecule has 35 heavy (non-hydrogen) atoms. The lowest BCUT2D eigenvalue weighted by atomic mass is 10.1. The monoisotopic (exact) mass is 575 g/mol. The number of nitrogens with zero attached hydrogens (tertiary/aromatic N) is 4. The molecule has 2 aromatic rings. The first kappa shape index (κ1) is 26.2. The fourth-order valence-corrected chi connectivity index (χ4v) is 8.59. The number of ether oxygens (including phenoxy) is 1. The highest BCUT2D eigenvalue weighted by atomic mass is 32.2. The molecule has 0 aliphatic carbocycles. The van der Waals surface area contributed by atoms with Gasteiger partial charge >= 0.3 is 5.97 Å². The van der Waals surface area contributed by atoms with Crippen LogP contribution in [0, 0.1) is 0 Å².